The summed E-state index contributed by atoms with van der Waals surface area (Å²) in [5.41, 5.74) is 1.45. The number of halogens is 1. The van der Waals surface area contributed by atoms with Gasteiger partial charge in [0.2, 0.25) is 0 Å². The second-order valence-electron chi connectivity index (χ2n) is 7.12. The number of aliphatic hydroxyl groups excluding tert-OH is 1. The highest BCUT2D eigenvalue weighted by atomic mass is 79.9. The molecule has 3 aromatic carbocycles. The summed E-state index contributed by atoms with van der Waals surface area (Å²) in [7, 11) is 3.04. The van der Waals surface area contributed by atoms with E-state index in [2.05, 4.69) is 15.9 Å². The van der Waals surface area contributed by atoms with Crippen LogP contribution in [0.2, 0.25) is 0 Å². The van der Waals surface area contributed by atoms with Gasteiger partial charge in [-0.1, -0.05) is 46.3 Å². The topological polar surface area (TPSA) is 76.1 Å². The fourth-order valence-corrected chi connectivity index (χ4v) is 4.06. The lowest BCUT2D eigenvalue weighted by atomic mass is 9.94. The Hall–Kier alpha value is -3.58. The number of nitrogens with zero attached hydrogens (tertiary/aromatic N) is 1. The van der Waals surface area contributed by atoms with Gasteiger partial charge in [-0.05, 0) is 42.5 Å². The zero-order valence-electron chi connectivity index (χ0n) is 17.4. The lowest BCUT2D eigenvalue weighted by Gasteiger charge is -2.27. The van der Waals surface area contributed by atoms with Crippen LogP contribution >= 0.6 is 15.9 Å². The number of ether oxygens (including phenoxy) is 2. The van der Waals surface area contributed by atoms with E-state index in [1.54, 1.807) is 66.7 Å². The summed E-state index contributed by atoms with van der Waals surface area (Å²) >= 11 is 3.37. The zero-order valence-corrected chi connectivity index (χ0v) is 19.0. The van der Waals surface area contributed by atoms with E-state index in [0.29, 0.717) is 28.3 Å². The Morgan fingerprint density at radius 2 is 1.62 bits per heavy atom. The van der Waals surface area contributed by atoms with Crippen LogP contribution in [0.5, 0.6) is 11.5 Å². The summed E-state index contributed by atoms with van der Waals surface area (Å²) < 4.78 is 11.7. The molecule has 3 aromatic rings. The number of anilines is 1. The van der Waals surface area contributed by atoms with Crippen LogP contribution in [-0.2, 0) is 9.59 Å². The summed E-state index contributed by atoms with van der Waals surface area (Å²) in [6, 6.07) is 20.0. The third-order valence-corrected chi connectivity index (χ3v) is 5.86. The molecule has 6 nitrogen and oxygen atoms in total. The number of para-hydroxylation sites is 1. The second kappa shape index (κ2) is 8.88. The molecule has 1 amide bonds. The van der Waals surface area contributed by atoms with Gasteiger partial charge in [0, 0.05) is 21.3 Å². The fourth-order valence-electron chi connectivity index (χ4n) is 3.80. The first-order valence-electron chi connectivity index (χ1n) is 9.80. The molecule has 1 unspecified atom stereocenters. The Bertz CT molecular complexity index is 1200. The number of benzene rings is 3. The van der Waals surface area contributed by atoms with Crippen LogP contribution in [-0.4, -0.2) is 31.0 Å². The Morgan fingerprint density at radius 3 is 2.25 bits per heavy atom. The monoisotopic (exact) mass is 493 g/mol. The molecule has 162 valence electrons. The second-order valence-corrected chi connectivity index (χ2v) is 8.04. The van der Waals surface area contributed by atoms with Crippen molar-refractivity contribution in [3.63, 3.8) is 0 Å². The van der Waals surface area contributed by atoms with E-state index in [1.165, 1.54) is 19.1 Å². The average Bonchev–Trinajstić information content (AvgIpc) is 3.09. The largest absolute Gasteiger partial charge is 0.507 e. The van der Waals surface area contributed by atoms with Gasteiger partial charge in [-0.3, -0.25) is 14.5 Å². The quantitative estimate of drug-likeness (QED) is 0.304. The number of ketones is 1. The number of hydrogen-bond donors (Lipinski definition) is 1. The van der Waals surface area contributed by atoms with Crippen molar-refractivity contribution >= 4 is 39.1 Å². The molecule has 0 aromatic heterocycles. The molecule has 7 heteroatoms. The number of hydrogen-bond acceptors (Lipinski definition) is 5. The van der Waals surface area contributed by atoms with Gasteiger partial charge in [0.25, 0.3) is 11.7 Å². The molecule has 1 fully saturated rings. The molecular weight excluding hydrogens is 474 g/mol. The highest BCUT2D eigenvalue weighted by molar-refractivity contribution is 9.10. The predicted molar refractivity (Wildman–Crippen MR) is 125 cm³/mol. The van der Waals surface area contributed by atoms with Gasteiger partial charge in [-0.25, -0.2) is 0 Å². The Balaban J connectivity index is 2.01. The van der Waals surface area contributed by atoms with Crippen LogP contribution in [0.4, 0.5) is 5.69 Å². The Morgan fingerprint density at radius 1 is 0.938 bits per heavy atom. The van der Waals surface area contributed by atoms with Crippen LogP contribution in [0.25, 0.3) is 5.76 Å². The molecular formula is C25H20BrNO5. The van der Waals surface area contributed by atoms with Crippen LogP contribution in [0, 0.1) is 0 Å². The summed E-state index contributed by atoms with van der Waals surface area (Å²) in [5.74, 6) is -0.776. The minimum Gasteiger partial charge on any atom is -0.507 e. The van der Waals surface area contributed by atoms with Crippen molar-refractivity contribution in [2.75, 3.05) is 19.1 Å². The summed E-state index contributed by atoms with van der Waals surface area (Å²) in [6.45, 7) is 0. The van der Waals surface area contributed by atoms with Crippen molar-refractivity contribution < 1.29 is 24.2 Å². The molecule has 0 saturated carbocycles. The Labute approximate surface area is 193 Å². The van der Waals surface area contributed by atoms with Crippen molar-refractivity contribution in [1.29, 1.82) is 0 Å². The number of Topliss-reactive ketones (excluding diaryl/α,β-unsaturated/α-hetero) is 1. The van der Waals surface area contributed by atoms with Crippen molar-refractivity contribution in [2.45, 2.75) is 6.04 Å². The molecule has 0 bridgehead atoms. The molecule has 1 aliphatic heterocycles. The van der Waals surface area contributed by atoms with Crippen molar-refractivity contribution in [3.05, 3.63) is 94.0 Å². The van der Waals surface area contributed by atoms with Crippen LogP contribution in [0.3, 0.4) is 0 Å². The highest BCUT2D eigenvalue weighted by Crippen LogP contribution is 2.45. The smallest absolute Gasteiger partial charge is 0.300 e. The normalized spacial score (nSPS) is 17.5. The minimum absolute atomic E-state index is 0.0206. The average molecular weight is 494 g/mol. The van der Waals surface area contributed by atoms with Crippen molar-refractivity contribution in [1.82, 2.24) is 0 Å². The molecule has 1 aliphatic rings. The van der Waals surface area contributed by atoms with Gasteiger partial charge in [0.15, 0.2) is 0 Å². The number of carbonyl (C=O) groups excluding carboxylic acids is 2. The highest BCUT2D eigenvalue weighted by Gasteiger charge is 2.48. The minimum atomic E-state index is -0.911. The first kappa shape index (κ1) is 21.6. The maximum absolute atomic E-state index is 13.2. The SMILES string of the molecule is COc1ccc(OC)c(C2C(=C(O)c3ccc(Br)cc3)C(=O)C(=O)N2c2ccccc2)c1. The van der Waals surface area contributed by atoms with Gasteiger partial charge in [-0.15, -0.1) is 0 Å². The summed E-state index contributed by atoms with van der Waals surface area (Å²) in [5, 5.41) is 11.2. The zero-order chi connectivity index (χ0) is 22.8. The number of methoxy groups -OCH3 is 2. The van der Waals surface area contributed by atoms with E-state index in [1.807, 2.05) is 6.07 Å². The van der Waals surface area contributed by atoms with E-state index >= 15 is 0 Å². The number of rotatable bonds is 5. The number of amides is 1. The maximum atomic E-state index is 13.2. The van der Waals surface area contributed by atoms with E-state index in [9.17, 15) is 14.7 Å². The lowest BCUT2D eigenvalue weighted by Crippen LogP contribution is -2.29. The van der Waals surface area contributed by atoms with E-state index in [-0.39, 0.29) is 11.3 Å². The van der Waals surface area contributed by atoms with Gasteiger partial charge in [0.05, 0.1) is 25.8 Å². The Kier molecular flexibility index (Phi) is 6.01. The molecule has 4 rings (SSSR count). The van der Waals surface area contributed by atoms with E-state index in [4.69, 9.17) is 9.47 Å². The standard InChI is InChI=1S/C25H20BrNO5/c1-31-18-12-13-20(32-2)19(14-18)22-21(23(28)15-8-10-16(26)11-9-15)24(29)25(30)27(22)17-6-4-3-5-7-17/h3-14,22,28H,1-2H3. The first-order chi connectivity index (χ1) is 15.5. The van der Waals surface area contributed by atoms with E-state index in [0.717, 1.165) is 4.47 Å². The molecule has 0 spiro atoms. The van der Waals surface area contributed by atoms with Crippen LogP contribution < -0.4 is 14.4 Å². The van der Waals surface area contributed by atoms with Gasteiger partial charge < -0.3 is 14.6 Å². The van der Waals surface area contributed by atoms with Crippen molar-refractivity contribution in [2.24, 2.45) is 0 Å². The summed E-state index contributed by atoms with van der Waals surface area (Å²) in [6.07, 6.45) is 0. The maximum Gasteiger partial charge on any atom is 0.300 e. The number of carbonyl (C=O) groups is 2. The molecule has 0 aliphatic carbocycles. The summed E-state index contributed by atoms with van der Waals surface area (Å²) in [4.78, 5) is 27.8. The molecule has 1 heterocycles. The van der Waals surface area contributed by atoms with Crippen molar-refractivity contribution in [3.8, 4) is 11.5 Å². The van der Waals surface area contributed by atoms with Gasteiger partial charge in [-0.2, -0.15) is 0 Å². The first-order valence-corrected chi connectivity index (χ1v) is 10.6. The molecule has 0 radical (unpaired) electrons. The molecule has 1 atom stereocenters. The van der Waals surface area contributed by atoms with Crippen LogP contribution in [0.1, 0.15) is 17.2 Å². The molecule has 1 N–H and O–H groups in total. The van der Waals surface area contributed by atoms with Gasteiger partial charge in [0.1, 0.15) is 17.3 Å². The molecule has 1 saturated heterocycles. The fraction of sp³-hybridized carbons (Fsp3) is 0.120. The predicted octanol–water partition coefficient (Wildman–Crippen LogP) is 5.09. The van der Waals surface area contributed by atoms with Crippen LogP contribution in [0.15, 0.2) is 82.8 Å². The van der Waals surface area contributed by atoms with E-state index < -0.39 is 17.7 Å². The molecule has 32 heavy (non-hydrogen) atoms. The van der Waals surface area contributed by atoms with Gasteiger partial charge >= 0.3 is 0 Å². The third kappa shape index (κ3) is 3.76. The lowest BCUT2D eigenvalue weighted by molar-refractivity contribution is -0.132. The number of aliphatic hydroxyl groups is 1. The third-order valence-electron chi connectivity index (χ3n) is 5.33.